The fraction of sp³-hybridized carbons (Fsp3) is 0.933. The molecule has 1 amide bonds. The third kappa shape index (κ3) is 6.81. The van der Waals surface area contributed by atoms with E-state index in [4.69, 9.17) is 4.74 Å². The lowest BCUT2D eigenvalue weighted by atomic mass is 10.00. The Morgan fingerprint density at radius 1 is 1.26 bits per heavy atom. The number of alkyl carbamates (subject to hydrolysis) is 1. The molecule has 2 unspecified atom stereocenters. The van der Waals surface area contributed by atoms with Gasteiger partial charge in [0.15, 0.2) is 0 Å². The van der Waals surface area contributed by atoms with E-state index in [1.165, 1.54) is 25.7 Å². The van der Waals surface area contributed by atoms with E-state index in [1.54, 1.807) is 0 Å². The van der Waals surface area contributed by atoms with Gasteiger partial charge >= 0.3 is 6.09 Å². The van der Waals surface area contributed by atoms with Gasteiger partial charge in [-0.15, -0.1) is 0 Å². The van der Waals surface area contributed by atoms with Gasteiger partial charge in [0.25, 0.3) is 0 Å². The molecule has 4 nitrogen and oxygen atoms in total. The number of carbonyl (C=O) groups excluding carboxylic acids is 1. The van der Waals surface area contributed by atoms with Crippen LogP contribution in [-0.2, 0) is 4.74 Å². The summed E-state index contributed by atoms with van der Waals surface area (Å²) in [6.07, 6.45) is 5.06. The predicted octanol–water partition coefficient (Wildman–Crippen LogP) is 3.07. The van der Waals surface area contributed by atoms with Gasteiger partial charge in [-0.25, -0.2) is 4.79 Å². The minimum atomic E-state index is -0.436. The van der Waals surface area contributed by atoms with Gasteiger partial charge in [0.1, 0.15) is 5.60 Å². The summed E-state index contributed by atoms with van der Waals surface area (Å²) in [5, 5.41) is 6.38. The van der Waals surface area contributed by atoms with E-state index in [-0.39, 0.29) is 12.1 Å². The molecule has 2 atom stereocenters. The normalized spacial score (nSPS) is 20.1. The van der Waals surface area contributed by atoms with Crippen molar-refractivity contribution in [2.45, 2.75) is 78.0 Å². The van der Waals surface area contributed by atoms with E-state index >= 15 is 0 Å². The van der Waals surface area contributed by atoms with Crippen molar-refractivity contribution in [3.8, 4) is 0 Å². The van der Waals surface area contributed by atoms with Crippen LogP contribution in [0.25, 0.3) is 0 Å². The lowest BCUT2D eigenvalue weighted by Crippen LogP contribution is -2.45. The molecule has 4 heteroatoms. The highest BCUT2D eigenvalue weighted by molar-refractivity contribution is 5.68. The van der Waals surface area contributed by atoms with Crippen LogP contribution >= 0.6 is 0 Å². The minimum Gasteiger partial charge on any atom is -0.444 e. The molecule has 112 valence electrons. The van der Waals surface area contributed by atoms with Crippen molar-refractivity contribution >= 4 is 6.09 Å². The van der Waals surface area contributed by atoms with E-state index < -0.39 is 5.60 Å². The lowest BCUT2D eigenvalue weighted by molar-refractivity contribution is 0.0507. The number of nitrogens with one attached hydrogen (secondary N) is 2. The van der Waals surface area contributed by atoms with Crippen molar-refractivity contribution in [2.24, 2.45) is 5.92 Å². The summed E-state index contributed by atoms with van der Waals surface area (Å²) >= 11 is 0. The van der Waals surface area contributed by atoms with Crippen molar-refractivity contribution in [3.63, 3.8) is 0 Å². The van der Waals surface area contributed by atoms with Gasteiger partial charge in [0.2, 0.25) is 0 Å². The highest BCUT2D eigenvalue weighted by Gasteiger charge is 2.22. The predicted molar refractivity (Wildman–Crippen MR) is 78.3 cm³/mol. The quantitative estimate of drug-likeness (QED) is 0.807. The monoisotopic (exact) mass is 270 g/mol. The van der Waals surface area contributed by atoms with Gasteiger partial charge in [-0.1, -0.05) is 12.8 Å². The molecular formula is C15H30N2O2. The Morgan fingerprint density at radius 2 is 1.84 bits per heavy atom. The summed E-state index contributed by atoms with van der Waals surface area (Å²) in [7, 11) is 0. The molecule has 0 heterocycles. The maximum absolute atomic E-state index is 11.6. The van der Waals surface area contributed by atoms with E-state index in [0.29, 0.717) is 6.04 Å². The molecule has 1 saturated carbocycles. The Bertz CT molecular complexity index is 280. The van der Waals surface area contributed by atoms with Crippen LogP contribution in [0.3, 0.4) is 0 Å². The first-order valence-corrected chi connectivity index (χ1v) is 7.51. The maximum Gasteiger partial charge on any atom is 0.407 e. The SMILES string of the molecule is CC(CNC(C)C1CCCC1)NC(=O)OC(C)(C)C. The topological polar surface area (TPSA) is 50.4 Å². The van der Waals surface area contributed by atoms with Crippen molar-refractivity contribution in [2.75, 3.05) is 6.54 Å². The number of rotatable bonds is 5. The Labute approximate surface area is 117 Å². The number of carbonyl (C=O) groups is 1. The summed E-state index contributed by atoms with van der Waals surface area (Å²) in [5.74, 6) is 0.800. The highest BCUT2D eigenvalue weighted by atomic mass is 16.6. The van der Waals surface area contributed by atoms with Crippen LogP contribution in [0.5, 0.6) is 0 Å². The first-order chi connectivity index (χ1) is 8.78. The Hall–Kier alpha value is -0.770. The summed E-state index contributed by atoms with van der Waals surface area (Å²) < 4.78 is 5.24. The van der Waals surface area contributed by atoms with Crippen LogP contribution in [0.4, 0.5) is 4.79 Å². The number of ether oxygens (including phenoxy) is 1. The molecule has 0 aromatic heterocycles. The summed E-state index contributed by atoms with van der Waals surface area (Å²) in [5.41, 5.74) is -0.436. The first kappa shape index (κ1) is 16.3. The molecule has 0 bridgehead atoms. The zero-order chi connectivity index (χ0) is 14.5. The summed E-state index contributed by atoms with van der Waals surface area (Å²) in [6.45, 7) is 10.7. The molecule has 1 fully saturated rings. The second kappa shape index (κ2) is 7.13. The molecule has 1 aliphatic carbocycles. The van der Waals surface area contributed by atoms with Crippen LogP contribution in [-0.4, -0.2) is 30.3 Å². The second-order valence-corrected chi connectivity index (χ2v) is 6.79. The molecule has 0 spiro atoms. The largest absolute Gasteiger partial charge is 0.444 e. The zero-order valence-corrected chi connectivity index (χ0v) is 13.1. The Balaban J connectivity index is 2.19. The van der Waals surface area contributed by atoms with Gasteiger partial charge in [-0.3, -0.25) is 0 Å². The van der Waals surface area contributed by atoms with Gasteiger partial charge in [0.05, 0.1) is 0 Å². The third-order valence-electron chi connectivity index (χ3n) is 3.62. The maximum atomic E-state index is 11.6. The smallest absolute Gasteiger partial charge is 0.407 e. The van der Waals surface area contributed by atoms with E-state index in [1.807, 2.05) is 27.7 Å². The van der Waals surface area contributed by atoms with Gasteiger partial charge in [0, 0.05) is 18.6 Å². The number of amides is 1. The van der Waals surface area contributed by atoms with Crippen LogP contribution in [0, 0.1) is 5.92 Å². The van der Waals surface area contributed by atoms with Gasteiger partial charge in [-0.2, -0.15) is 0 Å². The molecule has 1 rings (SSSR count). The van der Waals surface area contributed by atoms with Crippen molar-refractivity contribution in [1.29, 1.82) is 0 Å². The highest BCUT2D eigenvalue weighted by Crippen LogP contribution is 2.27. The average Bonchev–Trinajstić information content (AvgIpc) is 2.76. The summed E-state index contributed by atoms with van der Waals surface area (Å²) in [6, 6.07) is 0.615. The van der Waals surface area contributed by atoms with Gasteiger partial charge in [-0.05, 0) is 53.4 Å². The fourth-order valence-electron chi connectivity index (χ4n) is 2.55. The minimum absolute atomic E-state index is 0.0821. The Kier molecular flexibility index (Phi) is 6.11. The summed E-state index contributed by atoms with van der Waals surface area (Å²) in [4.78, 5) is 11.6. The van der Waals surface area contributed by atoms with E-state index in [0.717, 1.165) is 12.5 Å². The Morgan fingerprint density at radius 3 is 2.37 bits per heavy atom. The molecule has 1 aliphatic rings. The van der Waals surface area contributed by atoms with Crippen molar-refractivity contribution < 1.29 is 9.53 Å². The molecule has 0 saturated heterocycles. The van der Waals surface area contributed by atoms with Crippen molar-refractivity contribution in [3.05, 3.63) is 0 Å². The van der Waals surface area contributed by atoms with Crippen LogP contribution in [0.15, 0.2) is 0 Å². The number of hydrogen-bond donors (Lipinski definition) is 2. The second-order valence-electron chi connectivity index (χ2n) is 6.79. The third-order valence-corrected chi connectivity index (χ3v) is 3.62. The van der Waals surface area contributed by atoms with E-state index in [9.17, 15) is 4.79 Å². The van der Waals surface area contributed by atoms with E-state index in [2.05, 4.69) is 17.6 Å². The fourth-order valence-corrected chi connectivity index (χ4v) is 2.55. The zero-order valence-electron chi connectivity index (χ0n) is 13.1. The molecule has 19 heavy (non-hydrogen) atoms. The van der Waals surface area contributed by atoms with Gasteiger partial charge < -0.3 is 15.4 Å². The molecule has 0 aromatic carbocycles. The lowest BCUT2D eigenvalue weighted by Gasteiger charge is -2.25. The molecule has 0 aromatic rings. The van der Waals surface area contributed by atoms with Crippen molar-refractivity contribution in [1.82, 2.24) is 10.6 Å². The molecule has 2 N–H and O–H groups in total. The average molecular weight is 270 g/mol. The molecule has 0 aliphatic heterocycles. The molecule has 0 radical (unpaired) electrons. The van der Waals surface area contributed by atoms with Crippen LogP contribution in [0.2, 0.25) is 0 Å². The standard InChI is InChI=1S/C15H30N2O2/c1-11(17-14(18)19-15(3,4)5)10-16-12(2)13-8-6-7-9-13/h11-13,16H,6-10H2,1-5H3,(H,17,18). The van der Waals surface area contributed by atoms with Crippen LogP contribution in [0.1, 0.15) is 60.3 Å². The first-order valence-electron chi connectivity index (χ1n) is 7.51. The number of hydrogen-bond acceptors (Lipinski definition) is 3. The van der Waals surface area contributed by atoms with Crippen LogP contribution < -0.4 is 10.6 Å². The molecular weight excluding hydrogens is 240 g/mol.